The standard InChI is InChI=1S/C13H18N3O/c1-9(2)12-11-4-3-6-14-13(11)16(15-12)10-5-7-17-8-10/h3-4,6,9-10,12H,5,7-8H2,1-2H3/q+1/t10-,12?/m0/s1. The zero-order valence-corrected chi connectivity index (χ0v) is 10.3. The molecule has 1 aromatic rings. The van der Waals surface area contributed by atoms with Gasteiger partial charge < -0.3 is 4.74 Å². The van der Waals surface area contributed by atoms with E-state index >= 15 is 0 Å². The van der Waals surface area contributed by atoms with Crippen LogP contribution in [-0.4, -0.2) is 28.9 Å². The van der Waals surface area contributed by atoms with Gasteiger partial charge in [-0.1, -0.05) is 13.8 Å². The number of ether oxygens (including phenoxy) is 1. The van der Waals surface area contributed by atoms with Crippen molar-refractivity contribution in [2.45, 2.75) is 32.4 Å². The average molecular weight is 232 g/mol. The topological polar surface area (TPSA) is 37.5 Å². The van der Waals surface area contributed by atoms with E-state index in [9.17, 15) is 0 Å². The van der Waals surface area contributed by atoms with Crippen molar-refractivity contribution in [3.63, 3.8) is 0 Å². The van der Waals surface area contributed by atoms with Crippen molar-refractivity contribution in [2.24, 2.45) is 11.0 Å². The second-order valence-electron chi connectivity index (χ2n) is 5.08. The van der Waals surface area contributed by atoms with Crippen LogP contribution in [0, 0.1) is 5.92 Å². The summed E-state index contributed by atoms with van der Waals surface area (Å²) in [5.41, 5.74) is 1.26. The van der Waals surface area contributed by atoms with Gasteiger partial charge in [-0.15, -0.1) is 9.81 Å². The van der Waals surface area contributed by atoms with Crippen LogP contribution >= 0.6 is 0 Å². The predicted octanol–water partition coefficient (Wildman–Crippen LogP) is 2.68. The van der Waals surface area contributed by atoms with Gasteiger partial charge in [-0.3, -0.25) is 0 Å². The Labute approximate surface area is 101 Å². The van der Waals surface area contributed by atoms with Crippen molar-refractivity contribution in [1.82, 2.24) is 4.98 Å². The maximum Gasteiger partial charge on any atom is 0.348 e. The minimum Gasteiger partial charge on any atom is -0.377 e. The van der Waals surface area contributed by atoms with Gasteiger partial charge in [0.25, 0.3) is 0 Å². The van der Waals surface area contributed by atoms with Gasteiger partial charge in [-0.2, -0.15) is 0 Å². The summed E-state index contributed by atoms with van der Waals surface area (Å²) in [4.78, 5) is 4.49. The molecule has 1 fully saturated rings. The van der Waals surface area contributed by atoms with Gasteiger partial charge in [0.2, 0.25) is 0 Å². The molecule has 1 saturated heterocycles. The van der Waals surface area contributed by atoms with Crippen LogP contribution in [0.3, 0.4) is 0 Å². The molecule has 0 amide bonds. The van der Waals surface area contributed by atoms with E-state index in [0.717, 1.165) is 25.5 Å². The molecule has 17 heavy (non-hydrogen) atoms. The van der Waals surface area contributed by atoms with Crippen molar-refractivity contribution < 1.29 is 9.43 Å². The first-order chi connectivity index (χ1) is 8.27. The third-order valence-electron chi connectivity index (χ3n) is 3.48. The van der Waals surface area contributed by atoms with Crippen LogP contribution in [0.5, 0.6) is 0 Å². The largest absolute Gasteiger partial charge is 0.377 e. The van der Waals surface area contributed by atoms with Gasteiger partial charge in [0.05, 0.1) is 18.8 Å². The van der Waals surface area contributed by atoms with Gasteiger partial charge in [-0.05, 0) is 23.0 Å². The van der Waals surface area contributed by atoms with E-state index in [1.165, 1.54) is 5.56 Å². The first-order valence-electron chi connectivity index (χ1n) is 6.30. The molecule has 0 N–H and O–H groups in total. The summed E-state index contributed by atoms with van der Waals surface area (Å²) in [6, 6.07) is 4.76. The fraction of sp³-hybridized carbons (Fsp3) is 0.615. The fourth-order valence-corrected chi connectivity index (χ4v) is 2.56. The number of aromatic nitrogens is 1. The van der Waals surface area contributed by atoms with Gasteiger partial charge >= 0.3 is 5.82 Å². The normalized spacial score (nSPS) is 27.4. The minimum absolute atomic E-state index is 0.249. The number of pyridine rings is 1. The Morgan fingerprint density at radius 3 is 3.06 bits per heavy atom. The van der Waals surface area contributed by atoms with Crippen molar-refractivity contribution >= 4 is 5.82 Å². The zero-order valence-electron chi connectivity index (χ0n) is 10.3. The smallest absolute Gasteiger partial charge is 0.348 e. The number of hydrogen-bond donors (Lipinski definition) is 0. The summed E-state index contributed by atoms with van der Waals surface area (Å²) in [5, 5.41) is 4.83. The lowest BCUT2D eigenvalue weighted by Crippen LogP contribution is -2.20. The first kappa shape index (κ1) is 10.8. The number of hydrogen-bond acceptors (Lipinski definition) is 3. The van der Waals surface area contributed by atoms with E-state index < -0.39 is 0 Å². The van der Waals surface area contributed by atoms with E-state index in [1.807, 2.05) is 12.3 Å². The lowest BCUT2D eigenvalue weighted by Gasteiger charge is -2.07. The van der Waals surface area contributed by atoms with Crippen molar-refractivity contribution in [1.29, 1.82) is 0 Å². The Morgan fingerprint density at radius 2 is 2.35 bits per heavy atom. The Bertz CT molecular complexity index is 450. The molecule has 3 rings (SSSR count). The molecule has 2 aliphatic rings. The molecule has 0 aliphatic carbocycles. The monoisotopic (exact) mass is 232 g/mol. The lowest BCUT2D eigenvalue weighted by molar-refractivity contribution is -0.550. The van der Waals surface area contributed by atoms with E-state index in [1.54, 1.807) is 0 Å². The molecule has 0 spiro atoms. The Balaban J connectivity index is 2.01. The molecule has 0 saturated carbocycles. The average Bonchev–Trinajstić information content (AvgIpc) is 2.95. The SMILES string of the molecule is CC(C)C1N=[N+]([C@H]2CCOC2)c2ncccc21. The van der Waals surface area contributed by atoms with E-state index in [4.69, 9.17) is 9.85 Å². The molecule has 3 heterocycles. The molecule has 4 heteroatoms. The van der Waals surface area contributed by atoms with Crippen LogP contribution in [0.1, 0.15) is 31.9 Å². The molecule has 1 unspecified atom stereocenters. The predicted molar refractivity (Wildman–Crippen MR) is 63.4 cm³/mol. The summed E-state index contributed by atoms with van der Waals surface area (Å²) in [7, 11) is 0. The summed E-state index contributed by atoms with van der Waals surface area (Å²) in [5.74, 6) is 1.53. The van der Waals surface area contributed by atoms with Crippen LogP contribution in [0.4, 0.5) is 5.82 Å². The highest BCUT2D eigenvalue weighted by Crippen LogP contribution is 2.39. The third kappa shape index (κ3) is 1.76. The highest BCUT2D eigenvalue weighted by atomic mass is 16.5. The van der Waals surface area contributed by atoms with E-state index in [-0.39, 0.29) is 6.04 Å². The number of azo groups is 2. The number of fused-ring (bicyclic) bond motifs is 1. The van der Waals surface area contributed by atoms with Crippen LogP contribution in [0.15, 0.2) is 23.4 Å². The second-order valence-corrected chi connectivity index (χ2v) is 5.08. The van der Waals surface area contributed by atoms with Crippen LogP contribution < -0.4 is 0 Å². The highest BCUT2D eigenvalue weighted by Gasteiger charge is 2.39. The van der Waals surface area contributed by atoms with Crippen LogP contribution in [0.25, 0.3) is 0 Å². The van der Waals surface area contributed by atoms with Gasteiger partial charge in [0.15, 0.2) is 0 Å². The lowest BCUT2D eigenvalue weighted by atomic mass is 9.98. The maximum atomic E-state index is 5.45. The molecule has 4 nitrogen and oxygen atoms in total. The molecule has 1 aromatic heterocycles. The van der Waals surface area contributed by atoms with Crippen molar-refractivity contribution in [3.8, 4) is 0 Å². The Morgan fingerprint density at radius 1 is 1.47 bits per heavy atom. The fourth-order valence-electron chi connectivity index (χ4n) is 2.56. The summed E-state index contributed by atoms with van der Waals surface area (Å²) in [6.45, 7) is 6.02. The Hall–Kier alpha value is -1.29. The minimum atomic E-state index is 0.249. The number of rotatable bonds is 2. The zero-order chi connectivity index (χ0) is 11.8. The molecule has 2 atom stereocenters. The molecule has 0 radical (unpaired) electrons. The highest BCUT2D eigenvalue weighted by molar-refractivity contribution is 5.36. The summed E-state index contributed by atoms with van der Waals surface area (Å²) in [6.07, 6.45) is 2.89. The van der Waals surface area contributed by atoms with Crippen LogP contribution in [-0.2, 0) is 4.74 Å². The van der Waals surface area contributed by atoms with Crippen LogP contribution in [0.2, 0.25) is 0 Å². The van der Waals surface area contributed by atoms with E-state index in [0.29, 0.717) is 12.0 Å². The molecular weight excluding hydrogens is 214 g/mol. The summed E-state index contributed by atoms with van der Waals surface area (Å²) >= 11 is 0. The van der Waals surface area contributed by atoms with Gasteiger partial charge in [0.1, 0.15) is 18.3 Å². The van der Waals surface area contributed by atoms with Crippen molar-refractivity contribution in [2.75, 3.05) is 13.2 Å². The molecule has 90 valence electrons. The third-order valence-corrected chi connectivity index (χ3v) is 3.48. The first-order valence-corrected chi connectivity index (χ1v) is 6.30. The quantitative estimate of drug-likeness (QED) is 0.735. The maximum absolute atomic E-state index is 5.45. The summed E-state index contributed by atoms with van der Waals surface area (Å²) < 4.78 is 7.54. The second kappa shape index (κ2) is 4.18. The molecular formula is C13H18N3O+. The number of nitrogens with zero attached hydrogens (tertiary/aromatic N) is 3. The molecule has 0 bridgehead atoms. The van der Waals surface area contributed by atoms with Gasteiger partial charge in [0, 0.05) is 6.42 Å². The van der Waals surface area contributed by atoms with Gasteiger partial charge in [-0.25, -0.2) is 0 Å². The molecule has 0 aromatic carbocycles. The van der Waals surface area contributed by atoms with Crippen molar-refractivity contribution in [3.05, 3.63) is 23.9 Å². The Kier molecular flexibility index (Phi) is 2.67. The molecule has 2 aliphatic heterocycles. The van der Waals surface area contributed by atoms with E-state index in [2.05, 4.69) is 29.6 Å².